The first kappa shape index (κ1) is 26.0. The number of phenols is 1. The first-order valence-electron chi connectivity index (χ1n) is 9.97. The number of carbonyl (C=O) groups excluding carboxylic acids is 2. The van der Waals surface area contributed by atoms with Crippen molar-refractivity contribution in [1.82, 2.24) is 4.90 Å². The summed E-state index contributed by atoms with van der Waals surface area (Å²) in [5.41, 5.74) is 4.67. The van der Waals surface area contributed by atoms with Gasteiger partial charge >= 0.3 is 6.18 Å². The second-order valence-electron chi connectivity index (χ2n) is 7.66. The van der Waals surface area contributed by atoms with Gasteiger partial charge in [-0.3, -0.25) is 15.0 Å². The number of nitrogen functional groups attached to an aromatic ring is 1. The first-order chi connectivity index (χ1) is 15.0. The van der Waals surface area contributed by atoms with Crippen LogP contribution < -0.4 is 11.1 Å². The number of benzene rings is 2. The summed E-state index contributed by atoms with van der Waals surface area (Å²) < 4.78 is 39.7. The van der Waals surface area contributed by atoms with Gasteiger partial charge in [0.25, 0.3) is 5.91 Å². The lowest BCUT2D eigenvalue weighted by Crippen LogP contribution is -2.30. The van der Waals surface area contributed by atoms with Crippen molar-refractivity contribution in [2.75, 3.05) is 18.4 Å². The zero-order chi connectivity index (χ0) is 23.6. The lowest BCUT2D eigenvalue weighted by Gasteiger charge is -2.21. The molecule has 7 nitrogen and oxygen atoms in total. The van der Waals surface area contributed by atoms with Crippen LogP contribution in [-0.4, -0.2) is 40.7 Å². The Morgan fingerprint density at radius 2 is 1.79 bits per heavy atom. The average molecular weight is 485 g/mol. The summed E-state index contributed by atoms with van der Waals surface area (Å²) in [6.45, 7) is 2.36. The Labute approximate surface area is 194 Å². The molecule has 0 saturated carbocycles. The van der Waals surface area contributed by atoms with Crippen molar-refractivity contribution in [2.45, 2.75) is 31.9 Å². The van der Waals surface area contributed by atoms with Gasteiger partial charge in [-0.15, -0.1) is 12.4 Å². The fraction of sp³-hybridized carbons (Fsp3) is 0.318. The number of anilines is 1. The van der Waals surface area contributed by atoms with Crippen LogP contribution in [0.2, 0.25) is 0 Å². The van der Waals surface area contributed by atoms with Crippen LogP contribution in [0.15, 0.2) is 36.4 Å². The number of nitrogens with zero attached hydrogens (tertiary/aromatic N) is 1. The number of halogens is 4. The molecule has 0 aliphatic carbocycles. The standard InChI is InChI=1S/C22H23F3N4O3.ClH/c1-12(15-10-13(19(26)27)4-7-18(15)30)20(31)28-17-6-5-14(22(23,24)25)11-16(17)21(32)29-8-2-3-9-29;/h4-7,10-12,30H,2-3,8-9H2,1H3,(H3,26,27)(H,28,31);1H. The Morgan fingerprint density at radius 3 is 2.36 bits per heavy atom. The van der Waals surface area contributed by atoms with Gasteiger partial charge in [0.15, 0.2) is 0 Å². The summed E-state index contributed by atoms with van der Waals surface area (Å²) in [5.74, 6) is -2.61. The van der Waals surface area contributed by atoms with E-state index in [4.69, 9.17) is 11.1 Å². The Hall–Kier alpha value is -3.27. The van der Waals surface area contributed by atoms with Crippen molar-refractivity contribution < 1.29 is 27.9 Å². The molecule has 0 radical (unpaired) electrons. The lowest BCUT2D eigenvalue weighted by molar-refractivity contribution is -0.137. The van der Waals surface area contributed by atoms with E-state index < -0.39 is 29.5 Å². The molecular formula is C22H24ClF3N4O3. The van der Waals surface area contributed by atoms with Gasteiger partial charge in [-0.25, -0.2) is 0 Å². The average Bonchev–Trinajstić information content (AvgIpc) is 3.27. The summed E-state index contributed by atoms with van der Waals surface area (Å²) in [6.07, 6.45) is -3.13. The van der Waals surface area contributed by atoms with Gasteiger partial charge in [0.05, 0.1) is 22.7 Å². The SMILES string of the molecule is CC(C(=O)Nc1ccc(C(F)(F)F)cc1C(=O)N1CCCC1)c1cc(C(=N)N)ccc1O.Cl. The van der Waals surface area contributed by atoms with Gasteiger partial charge in [0, 0.05) is 24.2 Å². The van der Waals surface area contributed by atoms with Crippen LogP contribution in [0.1, 0.15) is 52.7 Å². The van der Waals surface area contributed by atoms with Gasteiger partial charge in [-0.2, -0.15) is 13.2 Å². The molecular weight excluding hydrogens is 461 g/mol. The molecule has 0 spiro atoms. The molecule has 3 rings (SSSR count). The van der Waals surface area contributed by atoms with E-state index in [9.17, 15) is 27.9 Å². The number of nitrogens with two attached hydrogens (primary N) is 1. The number of likely N-dealkylation sites (tertiary alicyclic amines) is 1. The van der Waals surface area contributed by atoms with Crippen molar-refractivity contribution in [1.29, 1.82) is 5.41 Å². The Balaban J connectivity index is 0.00000385. The van der Waals surface area contributed by atoms with Gasteiger partial charge in [0.1, 0.15) is 11.6 Å². The number of amidine groups is 1. The molecule has 5 N–H and O–H groups in total. The third-order valence-electron chi connectivity index (χ3n) is 5.43. The zero-order valence-electron chi connectivity index (χ0n) is 17.7. The Bertz CT molecular complexity index is 1070. The van der Waals surface area contributed by atoms with E-state index in [1.807, 2.05) is 0 Å². The predicted molar refractivity (Wildman–Crippen MR) is 120 cm³/mol. The number of alkyl halides is 3. The van der Waals surface area contributed by atoms with Crippen molar-refractivity contribution in [3.05, 3.63) is 58.7 Å². The number of amides is 2. The van der Waals surface area contributed by atoms with Crippen LogP contribution in [0.4, 0.5) is 18.9 Å². The molecule has 1 unspecified atom stereocenters. The van der Waals surface area contributed by atoms with E-state index in [0.717, 1.165) is 31.0 Å². The normalized spacial score (nSPS) is 14.4. The number of carbonyl (C=O) groups is 2. The molecule has 11 heteroatoms. The van der Waals surface area contributed by atoms with Crippen LogP contribution in [0.5, 0.6) is 5.75 Å². The van der Waals surface area contributed by atoms with E-state index in [1.54, 1.807) is 0 Å². The van der Waals surface area contributed by atoms with Gasteiger partial charge < -0.3 is 21.1 Å². The predicted octanol–water partition coefficient (Wildman–Crippen LogP) is 4.10. The highest BCUT2D eigenvalue weighted by Gasteiger charge is 2.33. The minimum absolute atomic E-state index is 0. The minimum Gasteiger partial charge on any atom is -0.508 e. The van der Waals surface area contributed by atoms with E-state index in [0.29, 0.717) is 18.7 Å². The van der Waals surface area contributed by atoms with Crippen molar-refractivity contribution in [3.63, 3.8) is 0 Å². The highest BCUT2D eigenvalue weighted by Crippen LogP contribution is 2.34. The lowest BCUT2D eigenvalue weighted by atomic mass is 9.96. The highest BCUT2D eigenvalue weighted by atomic mass is 35.5. The highest BCUT2D eigenvalue weighted by molar-refractivity contribution is 6.05. The molecule has 1 heterocycles. The maximum atomic E-state index is 13.2. The molecule has 2 aromatic carbocycles. The van der Waals surface area contributed by atoms with Gasteiger partial charge in [-0.05, 0) is 56.2 Å². The van der Waals surface area contributed by atoms with Crippen LogP contribution in [0.3, 0.4) is 0 Å². The van der Waals surface area contributed by atoms with Gasteiger partial charge in [-0.1, -0.05) is 0 Å². The van der Waals surface area contributed by atoms with E-state index >= 15 is 0 Å². The Kier molecular flexibility index (Phi) is 7.97. The number of nitrogens with one attached hydrogen (secondary N) is 2. The maximum Gasteiger partial charge on any atom is 0.416 e. The summed E-state index contributed by atoms with van der Waals surface area (Å²) >= 11 is 0. The topological polar surface area (TPSA) is 120 Å². The largest absolute Gasteiger partial charge is 0.508 e. The van der Waals surface area contributed by atoms with Gasteiger partial charge in [0.2, 0.25) is 5.91 Å². The number of hydrogen-bond donors (Lipinski definition) is 4. The third-order valence-corrected chi connectivity index (χ3v) is 5.43. The molecule has 2 aromatic rings. The molecule has 1 atom stereocenters. The summed E-state index contributed by atoms with van der Waals surface area (Å²) in [4.78, 5) is 27.2. The molecule has 2 amide bonds. The van der Waals surface area contributed by atoms with Crippen LogP contribution >= 0.6 is 12.4 Å². The van der Waals surface area contributed by atoms with Crippen molar-refractivity contribution >= 4 is 35.7 Å². The number of aromatic hydroxyl groups is 1. The molecule has 33 heavy (non-hydrogen) atoms. The fourth-order valence-corrected chi connectivity index (χ4v) is 3.55. The van der Waals surface area contributed by atoms with Crippen molar-refractivity contribution in [2.24, 2.45) is 5.73 Å². The number of rotatable bonds is 5. The molecule has 1 saturated heterocycles. The Morgan fingerprint density at radius 1 is 1.15 bits per heavy atom. The summed E-state index contributed by atoms with van der Waals surface area (Å²) in [5, 5.41) is 20.2. The maximum absolute atomic E-state index is 13.2. The molecule has 178 valence electrons. The third kappa shape index (κ3) is 5.75. The minimum atomic E-state index is -4.64. The molecule has 1 aliphatic rings. The number of hydrogen-bond acceptors (Lipinski definition) is 4. The van der Waals surface area contributed by atoms with Crippen LogP contribution in [0, 0.1) is 5.41 Å². The van der Waals surface area contributed by atoms with Crippen molar-refractivity contribution in [3.8, 4) is 5.75 Å². The molecule has 0 aromatic heterocycles. The first-order valence-corrected chi connectivity index (χ1v) is 9.97. The summed E-state index contributed by atoms with van der Waals surface area (Å²) in [7, 11) is 0. The smallest absolute Gasteiger partial charge is 0.416 e. The fourth-order valence-electron chi connectivity index (χ4n) is 3.55. The van der Waals surface area contributed by atoms with E-state index in [2.05, 4.69) is 5.32 Å². The second kappa shape index (κ2) is 10.1. The number of phenolic OH excluding ortho intramolecular Hbond substituents is 1. The quantitative estimate of drug-likeness (QED) is 0.377. The van der Waals surface area contributed by atoms with Crippen LogP contribution in [-0.2, 0) is 11.0 Å². The molecule has 1 aliphatic heterocycles. The molecule has 1 fully saturated rings. The van der Waals surface area contributed by atoms with E-state index in [-0.39, 0.29) is 40.8 Å². The molecule has 0 bridgehead atoms. The van der Waals surface area contributed by atoms with Crippen LogP contribution in [0.25, 0.3) is 0 Å². The van der Waals surface area contributed by atoms with E-state index in [1.165, 1.54) is 30.0 Å². The zero-order valence-corrected chi connectivity index (χ0v) is 18.5. The monoisotopic (exact) mass is 484 g/mol. The second-order valence-corrected chi connectivity index (χ2v) is 7.66. The summed E-state index contributed by atoms with van der Waals surface area (Å²) in [6, 6.07) is 6.72.